The summed E-state index contributed by atoms with van der Waals surface area (Å²) in [5.41, 5.74) is 6.29. The van der Waals surface area contributed by atoms with E-state index < -0.39 is 0 Å². The van der Waals surface area contributed by atoms with Crippen molar-refractivity contribution in [3.05, 3.63) is 0 Å². The molecule has 0 aliphatic carbocycles. The van der Waals surface area contributed by atoms with Crippen LogP contribution in [0, 0.1) is 0 Å². The normalized spacial score (nSPS) is 19.7. The molecule has 16 heavy (non-hydrogen) atoms. The van der Waals surface area contributed by atoms with Crippen LogP contribution < -0.4 is 5.73 Å². The van der Waals surface area contributed by atoms with E-state index in [0.717, 1.165) is 19.5 Å². The van der Waals surface area contributed by atoms with Crippen LogP contribution >= 0.6 is 0 Å². The van der Waals surface area contributed by atoms with Crippen molar-refractivity contribution < 1.29 is 0 Å². The minimum atomic E-state index is 0.154. The molecule has 0 radical (unpaired) electrons. The maximum absolute atomic E-state index is 6.14. The van der Waals surface area contributed by atoms with E-state index in [1.165, 1.54) is 51.5 Å². The zero-order valence-corrected chi connectivity index (χ0v) is 11.3. The summed E-state index contributed by atoms with van der Waals surface area (Å²) in [6.45, 7) is 7.99. The minimum Gasteiger partial charge on any atom is -0.323 e. The van der Waals surface area contributed by atoms with E-state index in [1.54, 1.807) is 0 Å². The molecule has 1 rings (SSSR count). The Morgan fingerprint density at radius 1 is 0.938 bits per heavy atom. The average molecular weight is 226 g/mol. The third-order valence-corrected chi connectivity index (χ3v) is 3.86. The number of rotatable bonds is 9. The van der Waals surface area contributed by atoms with Crippen molar-refractivity contribution in [3.63, 3.8) is 0 Å². The van der Waals surface area contributed by atoms with Gasteiger partial charge in [0, 0.05) is 18.6 Å². The first-order chi connectivity index (χ1) is 7.70. The first-order valence-electron chi connectivity index (χ1n) is 7.21. The molecule has 1 aliphatic rings. The number of nitrogens with two attached hydrogens (primary N) is 1. The molecule has 1 fully saturated rings. The number of hydrogen-bond acceptors (Lipinski definition) is 2. The highest BCUT2D eigenvalue weighted by molar-refractivity contribution is 4.98. The zero-order chi connectivity index (χ0) is 11.9. The molecule has 0 spiro atoms. The van der Waals surface area contributed by atoms with Gasteiger partial charge in [-0.25, -0.2) is 0 Å². The smallest absolute Gasteiger partial charge is 0.0409 e. The maximum Gasteiger partial charge on any atom is 0.0409 e. The standard InChI is InChI=1S/C14H30N2/c1-3-5-6-7-8-9-10-11-16-12-14(15,4-2)13-16/h3-13,15H2,1-2H3. The van der Waals surface area contributed by atoms with Crippen LogP contribution in [0.5, 0.6) is 0 Å². The molecule has 0 aromatic heterocycles. The minimum absolute atomic E-state index is 0.154. The Morgan fingerprint density at radius 2 is 1.50 bits per heavy atom. The molecule has 1 heterocycles. The number of likely N-dealkylation sites (tertiary alicyclic amines) is 1. The topological polar surface area (TPSA) is 29.3 Å². The monoisotopic (exact) mass is 226 g/mol. The maximum atomic E-state index is 6.14. The Bertz CT molecular complexity index is 174. The van der Waals surface area contributed by atoms with Gasteiger partial charge in [0.1, 0.15) is 0 Å². The molecular formula is C14H30N2. The van der Waals surface area contributed by atoms with Crippen molar-refractivity contribution in [3.8, 4) is 0 Å². The van der Waals surface area contributed by atoms with Gasteiger partial charge >= 0.3 is 0 Å². The summed E-state index contributed by atoms with van der Waals surface area (Å²) >= 11 is 0. The van der Waals surface area contributed by atoms with Crippen molar-refractivity contribution in [2.45, 2.75) is 70.8 Å². The fourth-order valence-electron chi connectivity index (χ4n) is 2.52. The second kappa shape index (κ2) is 7.29. The van der Waals surface area contributed by atoms with Gasteiger partial charge in [-0.05, 0) is 19.4 Å². The van der Waals surface area contributed by atoms with Gasteiger partial charge in [-0.15, -0.1) is 0 Å². The van der Waals surface area contributed by atoms with Crippen molar-refractivity contribution in [2.75, 3.05) is 19.6 Å². The van der Waals surface area contributed by atoms with Crippen LogP contribution in [-0.4, -0.2) is 30.1 Å². The van der Waals surface area contributed by atoms with E-state index in [4.69, 9.17) is 5.73 Å². The second-order valence-electron chi connectivity index (χ2n) is 5.55. The van der Waals surface area contributed by atoms with E-state index in [-0.39, 0.29) is 5.54 Å². The summed E-state index contributed by atoms with van der Waals surface area (Å²) in [4.78, 5) is 2.51. The molecule has 0 unspecified atom stereocenters. The highest BCUT2D eigenvalue weighted by Crippen LogP contribution is 2.21. The molecule has 0 saturated carbocycles. The number of hydrogen-bond donors (Lipinski definition) is 1. The first-order valence-corrected chi connectivity index (χ1v) is 7.21. The Labute approximate surface area is 102 Å². The Balaban J connectivity index is 1.83. The van der Waals surface area contributed by atoms with E-state index in [9.17, 15) is 0 Å². The van der Waals surface area contributed by atoms with Crippen molar-refractivity contribution >= 4 is 0 Å². The largest absolute Gasteiger partial charge is 0.323 e. The summed E-state index contributed by atoms with van der Waals surface area (Å²) in [6.07, 6.45) is 11.0. The molecule has 2 nitrogen and oxygen atoms in total. The third kappa shape index (κ3) is 4.84. The lowest BCUT2D eigenvalue weighted by molar-refractivity contribution is 0.0663. The van der Waals surface area contributed by atoms with Crippen LogP contribution in [0.15, 0.2) is 0 Å². The van der Waals surface area contributed by atoms with E-state index in [2.05, 4.69) is 18.7 Å². The predicted octanol–water partition coefficient (Wildman–Crippen LogP) is 3.16. The second-order valence-corrected chi connectivity index (χ2v) is 5.55. The molecule has 1 aliphatic heterocycles. The summed E-state index contributed by atoms with van der Waals surface area (Å²) in [7, 11) is 0. The lowest BCUT2D eigenvalue weighted by atomic mass is 9.88. The quantitative estimate of drug-likeness (QED) is 0.612. The van der Waals surface area contributed by atoms with Crippen molar-refractivity contribution in [1.29, 1.82) is 0 Å². The van der Waals surface area contributed by atoms with Crippen LogP contribution in [-0.2, 0) is 0 Å². The predicted molar refractivity (Wildman–Crippen MR) is 71.6 cm³/mol. The van der Waals surface area contributed by atoms with Gasteiger partial charge in [0.2, 0.25) is 0 Å². The van der Waals surface area contributed by atoms with Gasteiger partial charge in [0.15, 0.2) is 0 Å². The Kier molecular flexibility index (Phi) is 6.37. The lowest BCUT2D eigenvalue weighted by Gasteiger charge is -2.47. The van der Waals surface area contributed by atoms with Crippen LogP contribution in [0.3, 0.4) is 0 Å². The summed E-state index contributed by atoms with van der Waals surface area (Å²) < 4.78 is 0. The van der Waals surface area contributed by atoms with Crippen molar-refractivity contribution in [2.24, 2.45) is 5.73 Å². The van der Waals surface area contributed by atoms with E-state index >= 15 is 0 Å². The molecule has 96 valence electrons. The highest BCUT2D eigenvalue weighted by Gasteiger charge is 2.36. The molecule has 1 saturated heterocycles. The van der Waals surface area contributed by atoms with Gasteiger partial charge in [-0.3, -0.25) is 4.90 Å². The molecule has 0 aromatic rings. The van der Waals surface area contributed by atoms with E-state index in [0.29, 0.717) is 0 Å². The van der Waals surface area contributed by atoms with Gasteiger partial charge in [0.25, 0.3) is 0 Å². The molecule has 2 heteroatoms. The van der Waals surface area contributed by atoms with Gasteiger partial charge in [-0.1, -0.05) is 52.4 Å². The Hall–Kier alpha value is -0.0800. The number of nitrogens with zero attached hydrogens (tertiary/aromatic N) is 1. The van der Waals surface area contributed by atoms with Gasteiger partial charge < -0.3 is 5.73 Å². The molecule has 2 N–H and O–H groups in total. The van der Waals surface area contributed by atoms with Crippen molar-refractivity contribution in [1.82, 2.24) is 4.90 Å². The summed E-state index contributed by atoms with van der Waals surface area (Å²) in [5, 5.41) is 0. The molecule has 0 atom stereocenters. The lowest BCUT2D eigenvalue weighted by Crippen LogP contribution is -2.66. The molecular weight excluding hydrogens is 196 g/mol. The zero-order valence-electron chi connectivity index (χ0n) is 11.3. The Morgan fingerprint density at radius 3 is 2.06 bits per heavy atom. The van der Waals surface area contributed by atoms with Crippen LogP contribution in [0.1, 0.15) is 65.2 Å². The number of unbranched alkanes of at least 4 members (excludes halogenated alkanes) is 6. The van der Waals surface area contributed by atoms with Crippen LogP contribution in [0.2, 0.25) is 0 Å². The van der Waals surface area contributed by atoms with Crippen LogP contribution in [0.25, 0.3) is 0 Å². The molecule has 0 amide bonds. The highest BCUT2D eigenvalue weighted by atomic mass is 15.2. The van der Waals surface area contributed by atoms with Gasteiger partial charge in [0.05, 0.1) is 0 Å². The average Bonchev–Trinajstić information content (AvgIpc) is 2.25. The SMILES string of the molecule is CCCCCCCCCN1CC(N)(CC)C1. The fraction of sp³-hybridized carbons (Fsp3) is 1.00. The first kappa shape index (κ1) is 14.0. The van der Waals surface area contributed by atoms with Gasteiger partial charge in [-0.2, -0.15) is 0 Å². The van der Waals surface area contributed by atoms with E-state index in [1.807, 2.05) is 0 Å². The molecule has 0 aromatic carbocycles. The van der Waals surface area contributed by atoms with Crippen LogP contribution in [0.4, 0.5) is 0 Å². The summed E-state index contributed by atoms with van der Waals surface area (Å²) in [6, 6.07) is 0. The third-order valence-electron chi connectivity index (χ3n) is 3.86. The molecule has 0 bridgehead atoms. The summed E-state index contributed by atoms with van der Waals surface area (Å²) in [5.74, 6) is 0. The fourth-order valence-corrected chi connectivity index (χ4v) is 2.52.